The van der Waals surface area contributed by atoms with Crippen LogP contribution in [0.3, 0.4) is 0 Å². The Labute approximate surface area is 149 Å². The standard InChI is InChI=1S/C18H29N3O4/c1-7-18(11-20(12-18)16(24)25-17(3,4)5)10-14(22)21-9-8-19(6)15(23)13(21)2/h7,13H,1,8-12H2,2-6H3. The van der Waals surface area contributed by atoms with E-state index in [1.807, 2.05) is 20.8 Å². The lowest BCUT2D eigenvalue weighted by atomic mass is 9.76. The number of hydrogen-bond donors (Lipinski definition) is 0. The molecule has 7 heteroatoms. The lowest BCUT2D eigenvalue weighted by molar-refractivity contribution is -0.151. The van der Waals surface area contributed by atoms with Gasteiger partial charge in [-0.3, -0.25) is 9.59 Å². The quantitative estimate of drug-likeness (QED) is 0.723. The molecule has 0 aromatic rings. The Morgan fingerprint density at radius 1 is 1.32 bits per heavy atom. The van der Waals surface area contributed by atoms with Crippen molar-refractivity contribution in [3.8, 4) is 0 Å². The molecular weight excluding hydrogens is 322 g/mol. The second-order valence-corrected chi connectivity index (χ2v) is 8.10. The fourth-order valence-electron chi connectivity index (χ4n) is 3.24. The Hall–Kier alpha value is -2.05. The summed E-state index contributed by atoms with van der Waals surface area (Å²) in [5.74, 6) is -0.117. The van der Waals surface area contributed by atoms with Crippen molar-refractivity contribution < 1.29 is 19.1 Å². The lowest BCUT2D eigenvalue weighted by Gasteiger charge is -2.49. The first kappa shape index (κ1) is 19.3. The molecule has 0 spiro atoms. The van der Waals surface area contributed by atoms with E-state index >= 15 is 0 Å². The predicted molar refractivity (Wildman–Crippen MR) is 93.9 cm³/mol. The Kier molecular flexibility index (Phi) is 5.16. The number of carbonyl (C=O) groups is 3. The molecule has 3 amide bonds. The van der Waals surface area contributed by atoms with Gasteiger partial charge in [-0.1, -0.05) is 6.08 Å². The Morgan fingerprint density at radius 3 is 2.44 bits per heavy atom. The van der Waals surface area contributed by atoms with Gasteiger partial charge in [0.15, 0.2) is 0 Å². The van der Waals surface area contributed by atoms with Gasteiger partial charge < -0.3 is 19.4 Å². The van der Waals surface area contributed by atoms with Gasteiger partial charge in [-0.05, 0) is 27.7 Å². The average Bonchev–Trinajstić information content (AvgIpc) is 2.46. The Bertz CT molecular complexity index is 575. The van der Waals surface area contributed by atoms with E-state index in [1.165, 1.54) is 0 Å². The third-order valence-corrected chi connectivity index (χ3v) is 4.80. The van der Waals surface area contributed by atoms with Crippen LogP contribution in [0.25, 0.3) is 0 Å². The normalized spacial score (nSPS) is 23.2. The van der Waals surface area contributed by atoms with Gasteiger partial charge in [-0.15, -0.1) is 6.58 Å². The number of hydrogen-bond acceptors (Lipinski definition) is 4. The van der Waals surface area contributed by atoms with E-state index in [4.69, 9.17) is 4.74 Å². The molecule has 25 heavy (non-hydrogen) atoms. The highest BCUT2D eigenvalue weighted by molar-refractivity contribution is 5.89. The summed E-state index contributed by atoms with van der Waals surface area (Å²) in [6, 6.07) is -0.449. The number of nitrogens with zero attached hydrogens (tertiary/aromatic N) is 3. The summed E-state index contributed by atoms with van der Waals surface area (Å²) < 4.78 is 5.35. The van der Waals surface area contributed by atoms with Crippen LogP contribution in [-0.4, -0.2) is 77.5 Å². The number of likely N-dealkylation sites (N-methyl/N-ethyl adjacent to an activating group) is 1. The molecule has 0 aliphatic carbocycles. The number of ether oxygens (including phenoxy) is 1. The smallest absolute Gasteiger partial charge is 0.410 e. The summed E-state index contributed by atoms with van der Waals surface area (Å²) in [6.07, 6.45) is 1.62. The first-order valence-electron chi connectivity index (χ1n) is 8.64. The lowest BCUT2D eigenvalue weighted by Crippen LogP contribution is -2.61. The highest BCUT2D eigenvalue weighted by Gasteiger charge is 2.47. The number of likely N-dealkylation sites (tertiary alicyclic amines) is 1. The molecule has 2 heterocycles. The third kappa shape index (κ3) is 4.14. The van der Waals surface area contributed by atoms with E-state index in [0.717, 1.165) is 0 Å². The Morgan fingerprint density at radius 2 is 1.92 bits per heavy atom. The van der Waals surface area contributed by atoms with Crippen LogP contribution in [0.1, 0.15) is 34.1 Å². The van der Waals surface area contributed by atoms with Crippen molar-refractivity contribution in [1.29, 1.82) is 0 Å². The maximum atomic E-state index is 12.7. The molecule has 2 aliphatic rings. The van der Waals surface area contributed by atoms with E-state index in [2.05, 4.69) is 6.58 Å². The summed E-state index contributed by atoms with van der Waals surface area (Å²) in [4.78, 5) is 41.7. The molecular formula is C18H29N3O4. The number of carbonyl (C=O) groups excluding carboxylic acids is 3. The first-order valence-corrected chi connectivity index (χ1v) is 8.64. The summed E-state index contributed by atoms with van der Waals surface area (Å²) >= 11 is 0. The van der Waals surface area contributed by atoms with Crippen LogP contribution in [0, 0.1) is 5.41 Å². The highest BCUT2D eigenvalue weighted by Crippen LogP contribution is 2.37. The number of rotatable bonds is 3. The molecule has 2 aliphatic heterocycles. The minimum absolute atomic E-state index is 0.0451. The second-order valence-electron chi connectivity index (χ2n) is 8.10. The molecule has 2 rings (SSSR count). The van der Waals surface area contributed by atoms with E-state index in [9.17, 15) is 14.4 Å². The summed E-state index contributed by atoms with van der Waals surface area (Å²) in [5, 5.41) is 0. The fraction of sp³-hybridized carbons (Fsp3) is 0.722. The minimum atomic E-state index is -0.547. The summed E-state index contributed by atoms with van der Waals surface area (Å²) in [7, 11) is 1.75. The maximum absolute atomic E-state index is 12.7. The largest absolute Gasteiger partial charge is 0.444 e. The monoisotopic (exact) mass is 351 g/mol. The van der Waals surface area contributed by atoms with Crippen LogP contribution in [0.5, 0.6) is 0 Å². The summed E-state index contributed by atoms with van der Waals surface area (Å²) in [6.45, 7) is 13.0. The van der Waals surface area contributed by atoms with Crippen LogP contribution >= 0.6 is 0 Å². The maximum Gasteiger partial charge on any atom is 0.410 e. The van der Waals surface area contributed by atoms with Crippen LogP contribution < -0.4 is 0 Å². The zero-order valence-electron chi connectivity index (χ0n) is 15.9. The van der Waals surface area contributed by atoms with Gasteiger partial charge in [-0.25, -0.2) is 4.79 Å². The van der Waals surface area contributed by atoms with E-state index < -0.39 is 17.1 Å². The molecule has 0 aromatic carbocycles. The fourth-order valence-corrected chi connectivity index (χ4v) is 3.24. The molecule has 1 atom stereocenters. The van der Waals surface area contributed by atoms with Crippen molar-refractivity contribution in [3.05, 3.63) is 12.7 Å². The molecule has 2 saturated heterocycles. The van der Waals surface area contributed by atoms with Crippen LogP contribution in [0.4, 0.5) is 4.79 Å². The van der Waals surface area contributed by atoms with Gasteiger partial charge in [-0.2, -0.15) is 0 Å². The average molecular weight is 351 g/mol. The molecule has 0 bridgehead atoms. The van der Waals surface area contributed by atoms with Crippen molar-refractivity contribution in [2.75, 3.05) is 33.2 Å². The summed E-state index contributed by atoms with van der Waals surface area (Å²) in [5.41, 5.74) is -0.991. The van der Waals surface area contributed by atoms with Crippen molar-refractivity contribution in [2.24, 2.45) is 5.41 Å². The number of piperazine rings is 1. The van der Waals surface area contributed by atoms with Gasteiger partial charge in [0.1, 0.15) is 11.6 Å². The molecule has 0 radical (unpaired) electrons. The zero-order valence-corrected chi connectivity index (χ0v) is 15.9. The first-order chi connectivity index (χ1) is 11.5. The molecule has 0 saturated carbocycles. The van der Waals surface area contributed by atoms with Crippen LogP contribution in [0.15, 0.2) is 12.7 Å². The molecule has 1 unspecified atom stereocenters. The molecule has 0 aromatic heterocycles. The van der Waals surface area contributed by atoms with Crippen LogP contribution in [-0.2, 0) is 14.3 Å². The molecule has 0 N–H and O–H groups in total. The highest BCUT2D eigenvalue weighted by atomic mass is 16.6. The van der Waals surface area contributed by atoms with Crippen molar-refractivity contribution in [1.82, 2.24) is 14.7 Å². The van der Waals surface area contributed by atoms with Gasteiger partial charge in [0.2, 0.25) is 11.8 Å². The molecule has 140 valence electrons. The minimum Gasteiger partial charge on any atom is -0.444 e. The van der Waals surface area contributed by atoms with E-state index in [-0.39, 0.29) is 24.3 Å². The predicted octanol–water partition coefficient (Wildman–Crippen LogP) is 1.49. The van der Waals surface area contributed by atoms with Crippen molar-refractivity contribution in [3.63, 3.8) is 0 Å². The second kappa shape index (κ2) is 6.69. The number of amides is 3. The van der Waals surface area contributed by atoms with E-state index in [0.29, 0.717) is 26.2 Å². The van der Waals surface area contributed by atoms with Gasteiger partial charge in [0.05, 0.1) is 0 Å². The van der Waals surface area contributed by atoms with Gasteiger partial charge in [0, 0.05) is 45.1 Å². The SMILES string of the molecule is C=CC1(CC(=O)N2CCN(C)C(=O)C2C)CN(C(=O)OC(C)(C)C)C1. The molecule has 7 nitrogen and oxygen atoms in total. The van der Waals surface area contributed by atoms with Gasteiger partial charge in [0.25, 0.3) is 0 Å². The topological polar surface area (TPSA) is 70.2 Å². The zero-order chi connectivity index (χ0) is 19.0. The van der Waals surface area contributed by atoms with E-state index in [1.54, 1.807) is 34.7 Å². The van der Waals surface area contributed by atoms with Gasteiger partial charge >= 0.3 is 6.09 Å². The van der Waals surface area contributed by atoms with Crippen molar-refractivity contribution in [2.45, 2.75) is 45.8 Å². The van der Waals surface area contributed by atoms with Crippen LogP contribution in [0.2, 0.25) is 0 Å². The Balaban J connectivity index is 1.95. The molecule has 2 fully saturated rings. The third-order valence-electron chi connectivity index (χ3n) is 4.80. The van der Waals surface area contributed by atoms with Crippen molar-refractivity contribution >= 4 is 17.9 Å².